The zero-order chi connectivity index (χ0) is 21.9. The summed E-state index contributed by atoms with van der Waals surface area (Å²) in [5.41, 5.74) is -3.71. The van der Waals surface area contributed by atoms with Crippen LogP contribution in [-0.2, 0) is 16.5 Å². The Hall–Kier alpha value is -1.55. The van der Waals surface area contributed by atoms with Crippen molar-refractivity contribution in [3.05, 3.63) is 35.1 Å². The number of benzene rings is 1. The van der Waals surface area contributed by atoms with Crippen molar-refractivity contribution in [1.82, 2.24) is 9.73 Å². The third-order valence-electron chi connectivity index (χ3n) is 3.90. The predicted molar refractivity (Wildman–Crippen MR) is 102 cm³/mol. The fourth-order valence-corrected chi connectivity index (χ4v) is 3.30. The summed E-state index contributed by atoms with van der Waals surface area (Å²) in [6, 6.07) is 4.02. The van der Waals surface area contributed by atoms with Crippen LogP contribution in [0.2, 0.25) is 0 Å². The standard InChI is InChI=1S/C18H26F5N3OS/c1-12-8-7-9-13(15(12)20)17(11-19,25-28(27)16(2,3)4)10-14(18(21,22)23)24-26(5)6/h7-9,25H,10-11H2,1-6H3/b24-14-/t17-,28?/m0/s1. The van der Waals surface area contributed by atoms with Crippen LogP contribution in [0.4, 0.5) is 22.0 Å². The van der Waals surface area contributed by atoms with Crippen molar-refractivity contribution in [2.45, 2.75) is 50.6 Å². The lowest BCUT2D eigenvalue weighted by molar-refractivity contribution is -0.0630. The van der Waals surface area contributed by atoms with Crippen molar-refractivity contribution in [3.8, 4) is 0 Å². The van der Waals surface area contributed by atoms with Gasteiger partial charge in [0.1, 0.15) is 18.2 Å². The third kappa shape index (κ3) is 5.97. The number of hydrogen-bond acceptors (Lipinski definition) is 3. The fourth-order valence-electron chi connectivity index (χ4n) is 2.40. The average molecular weight is 427 g/mol. The van der Waals surface area contributed by atoms with E-state index in [1.165, 1.54) is 39.2 Å². The first-order chi connectivity index (χ1) is 12.6. The van der Waals surface area contributed by atoms with Crippen molar-refractivity contribution in [3.63, 3.8) is 0 Å². The van der Waals surface area contributed by atoms with E-state index >= 15 is 0 Å². The molecule has 0 saturated carbocycles. The third-order valence-corrected chi connectivity index (χ3v) is 5.59. The maximum atomic E-state index is 14.8. The molecule has 28 heavy (non-hydrogen) atoms. The monoisotopic (exact) mass is 427 g/mol. The summed E-state index contributed by atoms with van der Waals surface area (Å²) in [5, 5.41) is 4.35. The second kappa shape index (κ2) is 8.86. The summed E-state index contributed by atoms with van der Waals surface area (Å²) in [7, 11) is 0.607. The smallest absolute Gasteiger partial charge is 0.303 e. The van der Waals surface area contributed by atoms with Crippen LogP contribution in [0, 0.1) is 12.7 Å². The Kier molecular flexibility index (Phi) is 7.74. The quantitative estimate of drug-likeness (QED) is 0.402. The van der Waals surface area contributed by atoms with Crippen molar-refractivity contribution in [2.75, 3.05) is 20.8 Å². The van der Waals surface area contributed by atoms with Gasteiger partial charge >= 0.3 is 6.18 Å². The van der Waals surface area contributed by atoms with Gasteiger partial charge in [-0.25, -0.2) is 17.7 Å². The highest BCUT2D eigenvalue weighted by Crippen LogP contribution is 2.35. The lowest BCUT2D eigenvalue weighted by atomic mass is 9.85. The van der Waals surface area contributed by atoms with E-state index in [1.807, 2.05) is 0 Å². The van der Waals surface area contributed by atoms with E-state index in [1.54, 1.807) is 20.8 Å². The number of hydrazone groups is 1. The lowest BCUT2D eigenvalue weighted by Crippen LogP contribution is -2.52. The van der Waals surface area contributed by atoms with Crippen molar-refractivity contribution in [1.29, 1.82) is 0 Å². The number of hydrogen-bond donors (Lipinski definition) is 1. The molecular formula is C18H26F5N3OS. The van der Waals surface area contributed by atoms with Gasteiger partial charge in [-0.15, -0.1) is 0 Å². The molecule has 0 bridgehead atoms. The minimum atomic E-state index is -4.88. The van der Waals surface area contributed by atoms with Gasteiger partial charge in [0.15, 0.2) is 0 Å². The summed E-state index contributed by atoms with van der Waals surface area (Å²) in [6.45, 7) is 4.72. The minimum Gasteiger partial charge on any atom is -0.303 e. The molecule has 10 heteroatoms. The van der Waals surface area contributed by atoms with E-state index in [0.717, 1.165) is 5.01 Å². The SMILES string of the molecule is Cc1cccc([C@@](CF)(C/C(=N/N(C)C)C(F)(F)F)NS(=O)C(C)(C)C)c1F. The number of aryl methyl sites for hydroxylation is 1. The largest absolute Gasteiger partial charge is 0.431 e. The van der Waals surface area contributed by atoms with Crippen LogP contribution in [-0.4, -0.2) is 46.6 Å². The van der Waals surface area contributed by atoms with Gasteiger partial charge in [0.25, 0.3) is 0 Å². The summed E-state index contributed by atoms with van der Waals surface area (Å²) >= 11 is 0. The molecule has 0 heterocycles. The Morgan fingerprint density at radius 3 is 2.21 bits per heavy atom. The Labute approximate surface area is 164 Å². The molecule has 0 amide bonds. The molecule has 0 fully saturated rings. The predicted octanol–water partition coefficient (Wildman–Crippen LogP) is 4.22. The molecule has 0 aliphatic rings. The maximum absolute atomic E-state index is 14.8. The first-order valence-electron chi connectivity index (χ1n) is 8.47. The minimum absolute atomic E-state index is 0.136. The topological polar surface area (TPSA) is 44.7 Å². The van der Waals surface area contributed by atoms with Gasteiger partial charge in [-0.05, 0) is 33.3 Å². The van der Waals surface area contributed by atoms with Crippen molar-refractivity contribution < 1.29 is 26.2 Å². The van der Waals surface area contributed by atoms with Gasteiger partial charge in [0.2, 0.25) is 0 Å². The van der Waals surface area contributed by atoms with Crippen molar-refractivity contribution in [2.24, 2.45) is 5.10 Å². The number of rotatable bonds is 7. The van der Waals surface area contributed by atoms with Crippen LogP contribution >= 0.6 is 0 Å². The number of alkyl halides is 4. The zero-order valence-corrected chi connectivity index (χ0v) is 17.6. The van der Waals surface area contributed by atoms with Crippen LogP contribution in [0.3, 0.4) is 0 Å². The second-order valence-electron chi connectivity index (χ2n) is 7.70. The highest BCUT2D eigenvalue weighted by atomic mass is 32.2. The molecule has 1 N–H and O–H groups in total. The first-order valence-corrected chi connectivity index (χ1v) is 9.62. The highest BCUT2D eigenvalue weighted by Gasteiger charge is 2.46. The number of halogens is 5. The number of nitrogens with zero attached hydrogens (tertiary/aromatic N) is 2. The molecule has 0 radical (unpaired) electrons. The molecule has 0 spiro atoms. The molecule has 0 aromatic heterocycles. The normalized spacial score (nSPS) is 16.6. The molecule has 0 aliphatic carbocycles. The van der Waals surface area contributed by atoms with Gasteiger partial charge in [-0.2, -0.15) is 18.3 Å². The van der Waals surface area contributed by atoms with E-state index in [0.29, 0.717) is 0 Å². The molecular weight excluding hydrogens is 401 g/mol. The molecule has 2 atom stereocenters. The molecule has 160 valence electrons. The van der Waals surface area contributed by atoms with E-state index < -0.39 is 52.1 Å². The average Bonchev–Trinajstić information content (AvgIpc) is 2.53. The van der Waals surface area contributed by atoms with E-state index in [2.05, 4.69) is 9.82 Å². The van der Waals surface area contributed by atoms with Crippen LogP contribution in [0.25, 0.3) is 0 Å². The molecule has 0 aliphatic heterocycles. The Balaban J connectivity index is 3.66. The van der Waals surface area contributed by atoms with Gasteiger partial charge in [0, 0.05) is 26.1 Å². The Morgan fingerprint density at radius 2 is 1.79 bits per heavy atom. The zero-order valence-electron chi connectivity index (χ0n) is 16.7. The van der Waals surface area contributed by atoms with E-state index in [9.17, 15) is 26.2 Å². The number of nitrogens with one attached hydrogen (secondary N) is 1. The summed E-state index contributed by atoms with van der Waals surface area (Å²) in [6.07, 6.45) is -5.91. The maximum Gasteiger partial charge on any atom is 0.431 e. The molecule has 1 unspecified atom stereocenters. The van der Waals surface area contributed by atoms with E-state index in [-0.39, 0.29) is 11.1 Å². The van der Waals surface area contributed by atoms with Crippen molar-refractivity contribution >= 4 is 16.7 Å². The molecule has 0 saturated heterocycles. The van der Waals surface area contributed by atoms with Gasteiger partial charge in [-0.3, -0.25) is 0 Å². The van der Waals surface area contributed by atoms with E-state index in [4.69, 9.17) is 0 Å². The molecule has 1 aromatic carbocycles. The summed E-state index contributed by atoms with van der Waals surface area (Å²) in [5.74, 6) is -0.857. The molecule has 1 rings (SSSR count). The van der Waals surface area contributed by atoms with Crippen LogP contribution in [0.15, 0.2) is 23.3 Å². The summed E-state index contributed by atoms with van der Waals surface area (Å²) < 4.78 is 83.9. The molecule has 1 aromatic rings. The van der Waals surface area contributed by atoms with Gasteiger partial charge < -0.3 is 5.01 Å². The Morgan fingerprint density at radius 1 is 1.21 bits per heavy atom. The van der Waals surface area contributed by atoms with Crippen LogP contribution in [0.5, 0.6) is 0 Å². The van der Waals surface area contributed by atoms with Crippen LogP contribution < -0.4 is 4.72 Å². The second-order valence-corrected chi connectivity index (χ2v) is 9.67. The fraction of sp³-hybridized carbons (Fsp3) is 0.611. The first kappa shape index (κ1) is 24.5. The lowest BCUT2D eigenvalue weighted by Gasteiger charge is -2.36. The highest BCUT2D eigenvalue weighted by molar-refractivity contribution is 7.84. The molecule has 4 nitrogen and oxygen atoms in total. The Bertz CT molecular complexity index is 744. The van der Waals surface area contributed by atoms with Crippen LogP contribution in [0.1, 0.15) is 38.3 Å². The summed E-state index contributed by atoms with van der Waals surface area (Å²) in [4.78, 5) is 0. The van der Waals surface area contributed by atoms with Gasteiger partial charge in [-0.1, -0.05) is 18.2 Å². The van der Waals surface area contributed by atoms with Gasteiger partial charge in [0.05, 0.1) is 21.3 Å².